The largest absolute Gasteiger partial charge is 0.488 e. The lowest BCUT2D eigenvalue weighted by atomic mass is 9.65. The Morgan fingerprint density at radius 3 is 1.35 bits per heavy atom. The van der Waals surface area contributed by atoms with Crippen LogP contribution >= 0.6 is 46.4 Å². The highest BCUT2D eigenvalue weighted by Crippen LogP contribution is 2.50. The number of halogens is 4. The maximum absolute atomic E-state index is 10.3. The molecule has 2 aromatic rings. The fourth-order valence-corrected chi connectivity index (χ4v) is 6.26. The van der Waals surface area contributed by atoms with Crippen molar-refractivity contribution in [2.45, 2.75) is 89.5 Å². The van der Waals surface area contributed by atoms with Gasteiger partial charge >= 0.3 is 0 Å². The molecule has 0 spiro atoms. The van der Waals surface area contributed by atoms with Gasteiger partial charge in [0.05, 0.1) is 20.1 Å². The molecule has 1 aliphatic rings. The van der Waals surface area contributed by atoms with Crippen molar-refractivity contribution in [3.8, 4) is 11.5 Å². The maximum Gasteiger partial charge on any atom is 0.156 e. The first-order valence-corrected chi connectivity index (χ1v) is 15.5. The molecule has 0 radical (unpaired) electrons. The van der Waals surface area contributed by atoms with E-state index < -0.39 is 17.6 Å². The second kappa shape index (κ2) is 15.5. The number of nitrogens with one attached hydrogen (secondary N) is 2. The van der Waals surface area contributed by atoms with Crippen molar-refractivity contribution in [1.82, 2.24) is 10.6 Å². The van der Waals surface area contributed by atoms with E-state index in [0.717, 1.165) is 43.2 Å². The van der Waals surface area contributed by atoms with Gasteiger partial charge in [0.15, 0.2) is 11.5 Å². The van der Waals surface area contributed by atoms with Crippen LogP contribution in [0.4, 0.5) is 0 Å². The van der Waals surface area contributed by atoms with Crippen LogP contribution in [0.25, 0.3) is 0 Å². The zero-order valence-electron chi connectivity index (χ0n) is 23.7. The summed E-state index contributed by atoms with van der Waals surface area (Å²) in [7, 11) is 0. The van der Waals surface area contributed by atoms with Crippen LogP contribution in [0.15, 0.2) is 24.3 Å². The molecule has 2 atom stereocenters. The minimum atomic E-state index is -0.698. The highest BCUT2D eigenvalue weighted by atomic mass is 35.5. The van der Waals surface area contributed by atoms with Crippen molar-refractivity contribution >= 4 is 46.4 Å². The molecule has 0 aliphatic heterocycles. The quantitative estimate of drug-likeness (QED) is 0.178. The zero-order valence-corrected chi connectivity index (χ0v) is 26.7. The van der Waals surface area contributed by atoms with Crippen molar-refractivity contribution in [1.29, 1.82) is 0 Å². The fourth-order valence-electron chi connectivity index (χ4n) is 5.07. The molecule has 0 bridgehead atoms. The normalized spacial score (nSPS) is 16.8. The van der Waals surface area contributed by atoms with Gasteiger partial charge in [0, 0.05) is 30.6 Å². The van der Waals surface area contributed by atoms with Crippen LogP contribution in [0.5, 0.6) is 11.5 Å². The Hall–Kier alpha value is -0.960. The summed E-state index contributed by atoms with van der Waals surface area (Å²) < 4.78 is 11.7. The Labute approximate surface area is 258 Å². The average molecular weight is 636 g/mol. The molecular weight excluding hydrogens is 594 g/mol. The molecule has 6 nitrogen and oxygen atoms in total. The van der Waals surface area contributed by atoms with Gasteiger partial charge in [0.1, 0.15) is 25.4 Å². The Morgan fingerprint density at radius 1 is 0.675 bits per heavy atom. The first-order valence-electron chi connectivity index (χ1n) is 14.0. The summed E-state index contributed by atoms with van der Waals surface area (Å²) in [6, 6.07) is 8.12. The third-order valence-electron chi connectivity index (χ3n) is 7.17. The minimum Gasteiger partial charge on any atom is -0.488 e. The topological polar surface area (TPSA) is 83.0 Å². The van der Waals surface area contributed by atoms with Gasteiger partial charge in [-0.3, -0.25) is 0 Å². The molecule has 1 fully saturated rings. The fraction of sp³-hybridized carbons (Fsp3) is 0.600. The molecule has 3 rings (SSSR count). The van der Waals surface area contributed by atoms with E-state index in [0.29, 0.717) is 44.7 Å². The lowest BCUT2D eigenvalue weighted by molar-refractivity contribution is 0.105. The molecular formula is C30H42Cl4N2O4. The molecule has 1 aliphatic carbocycles. The van der Waals surface area contributed by atoms with Crippen LogP contribution in [0.3, 0.4) is 0 Å². The van der Waals surface area contributed by atoms with Gasteiger partial charge in [-0.15, -0.1) is 0 Å². The van der Waals surface area contributed by atoms with Crippen molar-refractivity contribution < 1.29 is 19.7 Å². The molecule has 0 aromatic heterocycles. The smallest absolute Gasteiger partial charge is 0.156 e. The second-order valence-corrected chi connectivity index (χ2v) is 12.9. The monoisotopic (exact) mass is 634 g/mol. The van der Waals surface area contributed by atoms with E-state index in [4.69, 9.17) is 55.9 Å². The lowest BCUT2D eigenvalue weighted by Crippen LogP contribution is -2.35. The SMILES string of the molecule is CC(C)NCC(O)COc1c(Cl)cc(C2(c3cc(Cl)c(OCC(O)CNC(C)C)c(Cl)c3)CCCCC2)cc1Cl. The van der Waals surface area contributed by atoms with Crippen LogP contribution in [-0.4, -0.2) is 60.8 Å². The Morgan fingerprint density at radius 2 is 1.02 bits per heavy atom. The third-order valence-corrected chi connectivity index (χ3v) is 8.30. The van der Waals surface area contributed by atoms with Crippen molar-refractivity contribution in [3.05, 3.63) is 55.5 Å². The summed E-state index contributed by atoms with van der Waals surface area (Å²) in [6.07, 6.45) is 3.57. The van der Waals surface area contributed by atoms with Gasteiger partial charge in [-0.1, -0.05) is 93.4 Å². The van der Waals surface area contributed by atoms with Crippen LogP contribution in [-0.2, 0) is 5.41 Å². The number of benzene rings is 2. The summed E-state index contributed by atoms with van der Waals surface area (Å²) in [5, 5.41) is 28.4. The second-order valence-electron chi connectivity index (χ2n) is 11.2. The summed E-state index contributed by atoms with van der Waals surface area (Å²) in [6.45, 7) is 9.00. The number of hydrogen-bond donors (Lipinski definition) is 4. The Kier molecular flexibility index (Phi) is 13.0. The predicted octanol–water partition coefficient (Wildman–Crippen LogP) is 7.03. The van der Waals surface area contributed by atoms with Crippen LogP contribution < -0.4 is 20.1 Å². The summed E-state index contributed by atoms with van der Waals surface area (Å²) >= 11 is 26.8. The van der Waals surface area contributed by atoms with E-state index >= 15 is 0 Å². The zero-order chi connectivity index (χ0) is 29.4. The molecule has 10 heteroatoms. The highest BCUT2D eigenvalue weighted by molar-refractivity contribution is 6.38. The summed E-state index contributed by atoms with van der Waals surface area (Å²) in [5.41, 5.74) is 1.54. The molecule has 1 saturated carbocycles. The van der Waals surface area contributed by atoms with E-state index in [2.05, 4.69) is 10.6 Å². The first kappa shape index (κ1) is 33.5. The summed E-state index contributed by atoms with van der Waals surface area (Å²) in [5.74, 6) is 0.707. The number of aliphatic hydroxyl groups excluding tert-OH is 2. The number of hydrogen-bond acceptors (Lipinski definition) is 6. The van der Waals surface area contributed by atoms with E-state index in [1.807, 2.05) is 52.0 Å². The van der Waals surface area contributed by atoms with Gasteiger partial charge in [-0.05, 0) is 48.2 Å². The van der Waals surface area contributed by atoms with Crippen molar-refractivity contribution in [3.63, 3.8) is 0 Å². The Bertz CT molecular complexity index is 984. The predicted molar refractivity (Wildman–Crippen MR) is 166 cm³/mol. The van der Waals surface area contributed by atoms with Gasteiger partial charge in [-0.25, -0.2) is 0 Å². The van der Waals surface area contributed by atoms with E-state index in [1.165, 1.54) is 0 Å². The van der Waals surface area contributed by atoms with Crippen LogP contribution in [0.2, 0.25) is 20.1 Å². The van der Waals surface area contributed by atoms with Gasteiger partial charge in [0.25, 0.3) is 0 Å². The van der Waals surface area contributed by atoms with Gasteiger partial charge in [-0.2, -0.15) is 0 Å². The molecule has 4 N–H and O–H groups in total. The molecule has 40 heavy (non-hydrogen) atoms. The highest BCUT2D eigenvalue weighted by Gasteiger charge is 2.38. The minimum absolute atomic E-state index is 0.0680. The number of aliphatic hydroxyl groups is 2. The Balaban J connectivity index is 1.85. The molecule has 0 heterocycles. The molecule has 224 valence electrons. The van der Waals surface area contributed by atoms with Gasteiger partial charge in [0.2, 0.25) is 0 Å². The standard InChI is InChI=1S/C30H42Cl4N2O4/c1-18(2)35-14-22(37)16-39-28-24(31)10-20(11-25(28)32)30(8-6-5-7-9-30)21-12-26(33)29(27(34)13-21)40-17-23(38)15-36-19(3)4/h10-13,18-19,22-23,35-38H,5-9,14-17H2,1-4H3. The average Bonchev–Trinajstić information content (AvgIpc) is 2.89. The van der Waals surface area contributed by atoms with E-state index in [-0.39, 0.29) is 25.3 Å². The van der Waals surface area contributed by atoms with Crippen molar-refractivity contribution in [2.24, 2.45) is 0 Å². The number of rotatable bonds is 14. The molecule has 0 amide bonds. The van der Waals surface area contributed by atoms with E-state index in [9.17, 15) is 10.2 Å². The van der Waals surface area contributed by atoms with Crippen molar-refractivity contribution in [2.75, 3.05) is 26.3 Å². The summed E-state index contributed by atoms with van der Waals surface area (Å²) in [4.78, 5) is 0. The number of ether oxygens (including phenoxy) is 2. The lowest BCUT2D eigenvalue weighted by Gasteiger charge is -2.39. The molecule has 2 aromatic carbocycles. The van der Waals surface area contributed by atoms with Crippen LogP contribution in [0, 0.1) is 0 Å². The third kappa shape index (κ3) is 9.02. The molecule has 2 unspecified atom stereocenters. The van der Waals surface area contributed by atoms with Gasteiger partial charge < -0.3 is 30.3 Å². The van der Waals surface area contributed by atoms with E-state index in [1.54, 1.807) is 0 Å². The van der Waals surface area contributed by atoms with Crippen LogP contribution in [0.1, 0.15) is 70.9 Å². The first-order chi connectivity index (χ1) is 18.9. The molecule has 0 saturated heterocycles. The maximum atomic E-state index is 10.3.